The van der Waals surface area contributed by atoms with Crippen LogP contribution in [0.1, 0.15) is 16.8 Å². The zero-order chi connectivity index (χ0) is 21.1. The van der Waals surface area contributed by atoms with Crippen molar-refractivity contribution < 1.29 is 9.53 Å². The normalized spacial score (nSPS) is 11.0. The van der Waals surface area contributed by atoms with Crippen molar-refractivity contribution in [2.45, 2.75) is 13.0 Å². The van der Waals surface area contributed by atoms with Gasteiger partial charge in [-0.1, -0.05) is 40.6 Å². The van der Waals surface area contributed by atoms with E-state index >= 15 is 0 Å². The molecule has 0 aliphatic heterocycles. The van der Waals surface area contributed by atoms with Crippen molar-refractivity contribution in [2.75, 3.05) is 18.6 Å². The minimum absolute atomic E-state index is 0.227. The number of amides is 1. The van der Waals surface area contributed by atoms with Crippen LogP contribution >= 0.6 is 34.5 Å². The predicted octanol–water partition coefficient (Wildman–Crippen LogP) is 5.55. The van der Waals surface area contributed by atoms with Crippen molar-refractivity contribution in [1.29, 1.82) is 0 Å². The Labute approximate surface area is 187 Å². The molecule has 4 aromatic rings. The number of thiazole rings is 1. The second kappa shape index (κ2) is 9.04. The molecule has 154 valence electrons. The Kier molecular flexibility index (Phi) is 6.22. The van der Waals surface area contributed by atoms with Crippen LogP contribution in [0.2, 0.25) is 10.0 Å². The molecule has 0 aliphatic carbocycles. The average Bonchev–Trinajstić information content (AvgIpc) is 3.41. The molecule has 0 unspecified atom stereocenters. The van der Waals surface area contributed by atoms with Crippen molar-refractivity contribution in [1.82, 2.24) is 14.5 Å². The number of benzene rings is 2. The largest absolute Gasteiger partial charge is 0.496 e. The average molecular weight is 461 g/mol. The van der Waals surface area contributed by atoms with Crippen molar-refractivity contribution in [2.24, 2.45) is 0 Å². The molecule has 0 N–H and O–H groups in total. The summed E-state index contributed by atoms with van der Waals surface area (Å²) in [7, 11) is 1.53. The first kappa shape index (κ1) is 20.7. The van der Waals surface area contributed by atoms with Crippen LogP contribution in [0.4, 0.5) is 5.13 Å². The molecule has 6 nitrogen and oxygen atoms in total. The van der Waals surface area contributed by atoms with Crippen molar-refractivity contribution in [3.63, 3.8) is 0 Å². The van der Waals surface area contributed by atoms with E-state index in [-0.39, 0.29) is 5.91 Å². The van der Waals surface area contributed by atoms with Gasteiger partial charge in [-0.15, -0.1) is 0 Å². The topological polar surface area (TPSA) is 60.2 Å². The highest BCUT2D eigenvalue weighted by Gasteiger charge is 2.24. The summed E-state index contributed by atoms with van der Waals surface area (Å²) >= 11 is 13.9. The number of carbonyl (C=O) groups excluding carboxylic acids is 1. The third-order valence-corrected chi connectivity index (χ3v) is 6.17. The monoisotopic (exact) mass is 460 g/mol. The molecule has 0 fully saturated rings. The molecule has 0 saturated carbocycles. The van der Waals surface area contributed by atoms with E-state index in [0.717, 1.165) is 11.2 Å². The molecular formula is C21H18Cl2N4O2S. The molecule has 0 spiro atoms. The van der Waals surface area contributed by atoms with Crippen LogP contribution < -0.4 is 9.64 Å². The third-order valence-electron chi connectivity index (χ3n) is 4.58. The van der Waals surface area contributed by atoms with Crippen LogP contribution in [0.25, 0.3) is 10.2 Å². The van der Waals surface area contributed by atoms with Crippen molar-refractivity contribution in [3.8, 4) is 5.75 Å². The fourth-order valence-corrected chi connectivity index (χ4v) is 4.59. The minimum atomic E-state index is -0.227. The number of hydrogen-bond acceptors (Lipinski definition) is 5. The second-order valence-corrected chi connectivity index (χ2v) is 8.39. The molecule has 0 bridgehead atoms. The van der Waals surface area contributed by atoms with Gasteiger partial charge in [0.05, 0.1) is 28.7 Å². The Morgan fingerprint density at radius 3 is 2.87 bits per heavy atom. The molecule has 2 heterocycles. The standard InChI is InChI=1S/C21H18Cl2N4O2S/c1-29-17-7-6-14(22)12-15(17)20(28)27(10-3-9-26-11-8-24-13-26)21-25-19-16(23)4-2-5-18(19)30-21/h2,4-8,11-13H,3,9-10H2,1H3. The van der Waals surface area contributed by atoms with Crippen molar-refractivity contribution in [3.05, 3.63) is 70.7 Å². The number of rotatable bonds is 7. The van der Waals surface area contributed by atoms with Crippen LogP contribution in [0, 0.1) is 0 Å². The number of aromatic nitrogens is 3. The number of nitrogens with zero attached hydrogens (tertiary/aromatic N) is 4. The Hall–Kier alpha value is -2.61. The number of ether oxygens (including phenoxy) is 1. The summed E-state index contributed by atoms with van der Waals surface area (Å²) in [5.74, 6) is 0.235. The highest BCUT2D eigenvalue weighted by atomic mass is 35.5. The van der Waals surface area contributed by atoms with Gasteiger partial charge in [-0.05, 0) is 36.8 Å². The molecule has 30 heavy (non-hydrogen) atoms. The molecule has 9 heteroatoms. The Morgan fingerprint density at radius 2 is 2.13 bits per heavy atom. The lowest BCUT2D eigenvalue weighted by Crippen LogP contribution is -2.32. The summed E-state index contributed by atoms with van der Waals surface area (Å²) in [4.78, 5) is 23.9. The van der Waals surface area contributed by atoms with E-state index in [9.17, 15) is 4.79 Å². The number of carbonyl (C=O) groups is 1. The number of fused-ring (bicyclic) bond motifs is 1. The van der Waals surface area contributed by atoms with Gasteiger partial charge in [-0.2, -0.15) is 0 Å². The van der Waals surface area contributed by atoms with Crippen LogP contribution in [-0.2, 0) is 6.54 Å². The summed E-state index contributed by atoms with van der Waals surface area (Å²) < 4.78 is 8.28. The lowest BCUT2D eigenvalue weighted by Gasteiger charge is -2.21. The maximum absolute atomic E-state index is 13.5. The molecule has 2 aromatic carbocycles. The van der Waals surface area contributed by atoms with E-state index in [0.29, 0.717) is 45.0 Å². The van der Waals surface area contributed by atoms with E-state index in [1.807, 2.05) is 22.9 Å². The number of anilines is 1. The number of imidazole rings is 1. The van der Waals surface area contributed by atoms with E-state index in [1.54, 1.807) is 41.7 Å². The smallest absolute Gasteiger partial charge is 0.263 e. The molecular weight excluding hydrogens is 443 g/mol. The summed E-state index contributed by atoms with van der Waals surface area (Å²) in [5.41, 5.74) is 1.07. The number of para-hydroxylation sites is 1. The Balaban J connectivity index is 1.69. The molecule has 0 aliphatic rings. The fourth-order valence-electron chi connectivity index (χ4n) is 3.13. The molecule has 0 atom stereocenters. The molecule has 0 saturated heterocycles. The van der Waals surface area contributed by atoms with Gasteiger partial charge in [-0.25, -0.2) is 9.97 Å². The van der Waals surface area contributed by atoms with Crippen LogP contribution in [0.15, 0.2) is 55.1 Å². The maximum Gasteiger partial charge on any atom is 0.263 e. The number of aryl methyl sites for hydroxylation is 1. The van der Waals surface area contributed by atoms with Crippen LogP contribution in [-0.4, -0.2) is 34.1 Å². The lowest BCUT2D eigenvalue weighted by molar-refractivity contribution is 0.0983. The maximum atomic E-state index is 13.5. The lowest BCUT2D eigenvalue weighted by atomic mass is 10.1. The number of methoxy groups -OCH3 is 1. The van der Waals surface area contributed by atoms with Crippen LogP contribution in [0.5, 0.6) is 5.75 Å². The minimum Gasteiger partial charge on any atom is -0.496 e. The van der Waals surface area contributed by atoms with Gasteiger partial charge in [0.25, 0.3) is 5.91 Å². The van der Waals surface area contributed by atoms with E-state index in [2.05, 4.69) is 9.97 Å². The number of hydrogen-bond donors (Lipinski definition) is 0. The fraction of sp³-hybridized carbons (Fsp3) is 0.190. The summed E-state index contributed by atoms with van der Waals surface area (Å²) in [6.07, 6.45) is 6.09. The SMILES string of the molecule is COc1ccc(Cl)cc1C(=O)N(CCCn1ccnc1)c1nc2c(Cl)cccc2s1. The molecule has 4 rings (SSSR count). The second-order valence-electron chi connectivity index (χ2n) is 6.54. The van der Waals surface area contributed by atoms with Gasteiger partial charge < -0.3 is 9.30 Å². The third kappa shape index (κ3) is 4.28. The van der Waals surface area contributed by atoms with E-state index in [4.69, 9.17) is 27.9 Å². The van der Waals surface area contributed by atoms with Gasteiger partial charge in [0.1, 0.15) is 11.3 Å². The first-order chi connectivity index (χ1) is 14.6. The predicted molar refractivity (Wildman–Crippen MR) is 121 cm³/mol. The summed E-state index contributed by atoms with van der Waals surface area (Å²) in [6, 6.07) is 10.6. The summed E-state index contributed by atoms with van der Waals surface area (Å²) in [6.45, 7) is 1.19. The van der Waals surface area contributed by atoms with E-state index < -0.39 is 0 Å². The van der Waals surface area contributed by atoms with E-state index in [1.165, 1.54) is 18.4 Å². The highest BCUT2D eigenvalue weighted by Crippen LogP contribution is 2.34. The van der Waals surface area contributed by atoms with Crippen molar-refractivity contribution >= 4 is 55.8 Å². The Bertz CT molecular complexity index is 1180. The summed E-state index contributed by atoms with van der Waals surface area (Å²) in [5, 5.41) is 1.60. The van der Waals surface area contributed by atoms with Gasteiger partial charge in [0, 0.05) is 30.5 Å². The van der Waals surface area contributed by atoms with Gasteiger partial charge in [0.15, 0.2) is 5.13 Å². The zero-order valence-corrected chi connectivity index (χ0v) is 18.4. The van der Waals surface area contributed by atoms with Gasteiger partial charge >= 0.3 is 0 Å². The molecule has 0 radical (unpaired) electrons. The first-order valence-corrected chi connectivity index (χ1v) is 10.8. The number of halogens is 2. The van der Waals surface area contributed by atoms with Crippen LogP contribution in [0.3, 0.4) is 0 Å². The quantitative estimate of drug-likeness (QED) is 0.362. The van der Waals surface area contributed by atoms with Gasteiger partial charge in [0.2, 0.25) is 0 Å². The highest BCUT2D eigenvalue weighted by molar-refractivity contribution is 7.22. The molecule has 2 aromatic heterocycles. The first-order valence-electron chi connectivity index (χ1n) is 9.23. The zero-order valence-electron chi connectivity index (χ0n) is 16.1. The van der Waals surface area contributed by atoms with Gasteiger partial charge in [-0.3, -0.25) is 9.69 Å². The Morgan fingerprint density at radius 1 is 1.27 bits per heavy atom. The molecule has 1 amide bonds.